The number of amides is 2. The number of carboxylic acids is 1. The highest BCUT2D eigenvalue weighted by Crippen LogP contribution is 2.22. The van der Waals surface area contributed by atoms with E-state index in [1.54, 1.807) is 38.2 Å². The van der Waals surface area contributed by atoms with Gasteiger partial charge in [0.05, 0.1) is 11.3 Å². The molecule has 5 nitrogen and oxygen atoms in total. The number of aromatic carboxylic acids is 1. The maximum absolute atomic E-state index is 12.3. The molecule has 0 radical (unpaired) electrons. The van der Waals surface area contributed by atoms with E-state index in [2.05, 4.69) is 5.32 Å². The molecule has 0 saturated heterocycles. The first-order valence-corrected chi connectivity index (χ1v) is 6.43. The Labute approximate surface area is 122 Å². The molecule has 21 heavy (non-hydrogen) atoms. The van der Waals surface area contributed by atoms with E-state index in [0.717, 1.165) is 5.69 Å². The molecule has 0 saturated carbocycles. The van der Waals surface area contributed by atoms with Crippen molar-refractivity contribution in [1.29, 1.82) is 0 Å². The van der Waals surface area contributed by atoms with Gasteiger partial charge in [-0.3, -0.25) is 4.90 Å². The summed E-state index contributed by atoms with van der Waals surface area (Å²) in [6.45, 7) is 1.75. The Morgan fingerprint density at radius 3 is 2.33 bits per heavy atom. The van der Waals surface area contributed by atoms with Crippen LogP contribution in [0.25, 0.3) is 0 Å². The van der Waals surface area contributed by atoms with E-state index in [9.17, 15) is 14.7 Å². The van der Waals surface area contributed by atoms with Crippen LogP contribution in [0.2, 0.25) is 0 Å². The number of hydrogen-bond acceptors (Lipinski definition) is 2. The van der Waals surface area contributed by atoms with Crippen molar-refractivity contribution in [2.45, 2.75) is 6.92 Å². The summed E-state index contributed by atoms with van der Waals surface area (Å²) in [5.74, 6) is -1.07. The lowest BCUT2D eigenvalue weighted by Crippen LogP contribution is -2.32. The predicted octanol–water partition coefficient (Wildman–Crippen LogP) is 3.36. The molecule has 0 aliphatic heterocycles. The Morgan fingerprint density at radius 1 is 1.05 bits per heavy atom. The Balaban J connectivity index is 2.26. The minimum Gasteiger partial charge on any atom is -0.478 e. The Bertz CT molecular complexity index is 668. The van der Waals surface area contributed by atoms with Crippen molar-refractivity contribution in [2.75, 3.05) is 17.3 Å². The molecule has 2 amide bonds. The summed E-state index contributed by atoms with van der Waals surface area (Å²) >= 11 is 0. The first-order chi connectivity index (χ1) is 10.0. The number of aryl methyl sites for hydroxylation is 1. The fourth-order valence-electron chi connectivity index (χ4n) is 1.97. The van der Waals surface area contributed by atoms with Gasteiger partial charge in [0.25, 0.3) is 0 Å². The molecule has 0 heterocycles. The zero-order valence-corrected chi connectivity index (χ0v) is 11.8. The highest BCUT2D eigenvalue weighted by Gasteiger charge is 2.17. The van der Waals surface area contributed by atoms with Crippen LogP contribution in [0, 0.1) is 6.92 Å². The third-order valence-corrected chi connectivity index (χ3v) is 3.18. The Hall–Kier alpha value is -2.82. The Kier molecular flexibility index (Phi) is 4.23. The summed E-state index contributed by atoms with van der Waals surface area (Å²) in [5.41, 5.74) is 1.81. The van der Waals surface area contributed by atoms with E-state index < -0.39 is 12.0 Å². The first kappa shape index (κ1) is 14.6. The normalized spacial score (nSPS) is 10.0. The summed E-state index contributed by atoms with van der Waals surface area (Å²) in [7, 11) is 1.63. The zero-order chi connectivity index (χ0) is 15.4. The predicted molar refractivity (Wildman–Crippen MR) is 82.0 cm³/mol. The van der Waals surface area contributed by atoms with E-state index >= 15 is 0 Å². The van der Waals surface area contributed by atoms with E-state index in [4.69, 9.17) is 0 Å². The van der Waals surface area contributed by atoms with E-state index in [0.29, 0.717) is 11.3 Å². The minimum atomic E-state index is -1.07. The number of para-hydroxylation sites is 2. The van der Waals surface area contributed by atoms with Crippen LogP contribution >= 0.6 is 0 Å². The summed E-state index contributed by atoms with van der Waals surface area (Å²) in [6, 6.07) is 13.6. The molecule has 0 unspecified atom stereocenters. The monoisotopic (exact) mass is 284 g/mol. The van der Waals surface area contributed by atoms with Gasteiger partial charge in [-0.05, 0) is 30.7 Å². The fourth-order valence-corrected chi connectivity index (χ4v) is 1.97. The zero-order valence-electron chi connectivity index (χ0n) is 11.8. The number of hydrogen-bond donors (Lipinski definition) is 2. The number of carbonyl (C=O) groups excluding carboxylic acids is 1. The number of rotatable bonds is 3. The molecule has 0 aromatic heterocycles. The van der Waals surface area contributed by atoms with Gasteiger partial charge in [0.2, 0.25) is 0 Å². The molecule has 0 spiro atoms. The van der Waals surface area contributed by atoms with Crippen LogP contribution in [0.5, 0.6) is 0 Å². The molecule has 0 aliphatic carbocycles. The lowest BCUT2D eigenvalue weighted by molar-refractivity contribution is 0.0698. The molecule has 2 aromatic carbocycles. The van der Waals surface area contributed by atoms with Crippen LogP contribution in [-0.2, 0) is 0 Å². The second-order valence-corrected chi connectivity index (χ2v) is 4.63. The summed E-state index contributed by atoms with van der Waals surface area (Å²) in [6.07, 6.45) is 0. The molecular formula is C16H16N2O3. The molecule has 0 atom stereocenters. The molecule has 2 N–H and O–H groups in total. The van der Waals surface area contributed by atoms with Crippen LogP contribution < -0.4 is 10.2 Å². The number of nitrogens with one attached hydrogen (secondary N) is 1. The highest BCUT2D eigenvalue weighted by molar-refractivity contribution is 6.06. The average molecular weight is 284 g/mol. The molecule has 0 bridgehead atoms. The van der Waals surface area contributed by atoms with Gasteiger partial charge in [0.1, 0.15) is 0 Å². The first-order valence-electron chi connectivity index (χ1n) is 6.43. The van der Waals surface area contributed by atoms with Crippen molar-refractivity contribution in [3.63, 3.8) is 0 Å². The number of urea groups is 1. The van der Waals surface area contributed by atoms with Gasteiger partial charge in [-0.1, -0.05) is 30.3 Å². The largest absolute Gasteiger partial charge is 0.478 e. The summed E-state index contributed by atoms with van der Waals surface area (Å²) in [5, 5.41) is 11.9. The summed E-state index contributed by atoms with van der Waals surface area (Å²) < 4.78 is 0. The molecule has 2 rings (SSSR count). The second kappa shape index (κ2) is 6.09. The molecule has 2 aromatic rings. The van der Waals surface area contributed by atoms with Gasteiger partial charge in [0.15, 0.2) is 0 Å². The van der Waals surface area contributed by atoms with Crippen LogP contribution in [0.1, 0.15) is 15.9 Å². The summed E-state index contributed by atoms with van der Waals surface area (Å²) in [4.78, 5) is 24.9. The molecular weight excluding hydrogens is 268 g/mol. The lowest BCUT2D eigenvalue weighted by atomic mass is 10.1. The maximum Gasteiger partial charge on any atom is 0.337 e. The van der Waals surface area contributed by atoms with Crippen LogP contribution in [0.15, 0.2) is 48.5 Å². The van der Waals surface area contributed by atoms with Crippen LogP contribution in [0.4, 0.5) is 16.2 Å². The van der Waals surface area contributed by atoms with Crippen molar-refractivity contribution in [3.05, 3.63) is 59.7 Å². The van der Waals surface area contributed by atoms with E-state index in [1.807, 2.05) is 18.2 Å². The lowest BCUT2D eigenvalue weighted by Gasteiger charge is -2.19. The topological polar surface area (TPSA) is 69.6 Å². The number of nitrogens with zero attached hydrogens (tertiary/aromatic N) is 1. The fraction of sp³-hybridized carbons (Fsp3) is 0.125. The smallest absolute Gasteiger partial charge is 0.337 e. The van der Waals surface area contributed by atoms with Crippen molar-refractivity contribution in [2.24, 2.45) is 0 Å². The van der Waals surface area contributed by atoms with E-state index in [1.165, 1.54) is 11.0 Å². The molecule has 0 aliphatic rings. The number of carbonyl (C=O) groups is 2. The third kappa shape index (κ3) is 3.20. The Morgan fingerprint density at radius 2 is 1.71 bits per heavy atom. The van der Waals surface area contributed by atoms with Crippen molar-refractivity contribution in [3.8, 4) is 0 Å². The molecule has 5 heteroatoms. The second-order valence-electron chi connectivity index (χ2n) is 4.63. The quantitative estimate of drug-likeness (QED) is 0.908. The number of anilines is 2. The third-order valence-electron chi connectivity index (χ3n) is 3.18. The van der Waals surface area contributed by atoms with Gasteiger partial charge in [-0.15, -0.1) is 0 Å². The van der Waals surface area contributed by atoms with Crippen molar-refractivity contribution >= 4 is 23.4 Å². The SMILES string of the molecule is Cc1cccc(C(=O)O)c1NC(=O)N(C)c1ccccc1. The van der Waals surface area contributed by atoms with Gasteiger partial charge in [0, 0.05) is 12.7 Å². The standard InChI is InChI=1S/C16H16N2O3/c1-11-7-6-10-13(15(19)20)14(11)17-16(21)18(2)12-8-4-3-5-9-12/h3-10H,1-2H3,(H,17,21)(H,19,20). The van der Waals surface area contributed by atoms with Gasteiger partial charge in [-0.25, -0.2) is 9.59 Å². The maximum atomic E-state index is 12.3. The van der Waals surface area contributed by atoms with Crippen molar-refractivity contribution in [1.82, 2.24) is 0 Å². The van der Waals surface area contributed by atoms with Gasteiger partial charge < -0.3 is 10.4 Å². The highest BCUT2D eigenvalue weighted by atomic mass is 16.4. The number of benzene rings is 2. The van der Waals surface area contributed by atoms with Crippen molar-refractivity contribution < 1.29 is 14.7 Å². The van der Waals surface area contributed by atoms with Crippen LogP contribution in [-0.4, -0.2) is 24.2 Å². The van der Waals surface area contributed by atoms with E-state index in [-0.39, 0.29) is 5.56 Å². The molecule has 108 valence electrons. The minimum absolute atomic E-state index is 0.0739. The van der Waals surface area contributed by atoms with Gasteiger partial charge >= 0.3 is 12.0 Å². The van der Waals surface area contributed by atoms with Gasteiger partial charge in [-0.2, -0.15) is 0 Å². The average Bonchev–Trinajstić information content (AvgIpc) is 2.49. The molecule has 0 fully saturated rings. The van der Waals surface area contributed by atoms with Crippen LogP contribution in [0.3, 0.4) is 0 Å². The number of carboxylic acid groups (broad SMARTS) is 1.